The topological polar surface area (TPSA) is 23.6 Å². The molecule has 116 valence electrons. The van der Waals surface area contributed by atoms with Crippen molar-refractivity contribution in [2.75, 3.05) is 20.1 Å². The molecule has 2 rings (SSSR count). The summed E-state index contributed by atoms with van der Waals surface area (Å²) in [7, 11) is 1.97. The summed E-state index contributed by atoms with van der Waals surface area (Å²) in [6.07, 6.45) is 3.47. The molecule has 1 fully saturated rings. The standard InChI is InChI=1S/C16H22Cl2N2O/c1-12(16(21)20-8-4-3-5-9-20)19(2)11-13-6-7-14(17)15(18)10-13/h6-7,10,12H,3-5,8-9,11H2,1-2H3. The summed E-state index contributed by atoms with van der Waals surface area (Å²) in [5, 5.41) is 1.11. The third kappa shape index (κ3) is 4.35. The van der Waals surface area contributed by atoms with Crippen molar-refractivity contribution in [3.8, 4) is 0 Å². The van der Waals surface area contributed by atoms with E-state index in [9.17, 15) is 4.79 Å². The minimum absolute atomic E-state index is 0.127. The number of hydrogen-bond donors (Lipinski definition) is 0. The molecule has 1 aliphatic rings. The summed E-state index contributed by atoms with van der Waals surface area (Å²) in [5.41, 5.74) is 1.06. The number of hydrogen-bond acceptors (Lipinski definition) is 2. The molecule has 0 aromatic heterocycles. The van der Waals surface area contributed by atoms with Crippen molar-refractivity contribution in [2.24, 2.45) is 0 Å². The number of amides is 1. The first-order valence-electron chi connectivity index (χ1n) is 7.42. The van der Waals surface area contributed by atoms with Crippen molar-refractivity contribution in [3.63, 3.8) is 0 Å². The highest BCUT2D eigenvalue weighted by molar-refractivity contribution is 6.42. The number of carbonyl (C=O) groups is 1. The van der Waals surface area contributed by atoms with E-state index in [1.165, 1.54) is 6.42 Å². The van der Waals surface area contributed by atoms with Gasteiger partial charge in [-0.05, 0) is 50.9 Å². The lowest BCUT2D eigenvalue weighted by Gasteiger charge is -2.32. The van der Waals surface area contributed by atoms with Gasteiger partial charge in [-0.25, -0.2) is 0 Å². The predicted molar refractivity (Wildman–Crippen MR) is 87.8 cm³/mol. The monoisotopic (exact) mass is 328 g/mol. The molecular weight excluding hydrogens is 307 g/mol. The van der Waals surface area contributed by atoms with E-state index in [0.717, 1.165) is 31.5 Å². The van der Waals surface area contributed by atoms with Gasteiger partial charge in [-0.3, -0.25) is 9.69 Å². The average molecular weight is 329 g/mol. The zero-order valence-electron chi connectivity index (χ0n) is 12.6. The molecule has 0 N–H and O–H groups in total. The first-order valence-corrected chi connectivity index (χ1v) is 8.17. The third-order valence-electron chi connectivity index (χ3n) is 4.10. The van der Waals surface area contributed by atoms with Crippen LogP contribution in [0.3, 0.4) is 0 Å². The van der Waals surface area contributed by atoms with Gasteiger partial charge in [-0.1, -0.05) is 29.3 Å². The quantitative estimate of drug-likeness (QED) is 0.838. The second kappa shape index (κ2) is 7.48. The Morgan fingerprint density at radius 2 is 1.90 bits per heavy atom. The van der Waals surface area contributed by atoms with Crippen LogP contribution in [0.5, 0.6) is 0 Å². The molecule has 1 heterocycles. The number of likely N-dealkylation sites (tertiary alicyclic amines) is 1. The highest BCUT2D eigenvalue weighted by Crippen LogP contribution is 2.23. The van der Waals surface area contributed by atoms with Gasteiger partial charge in [-0.15, -0.1) is 0 Å². The van der Waals surface area contributed by atoms with E-state index in [1.54, 1.807) is 6.07 Å². The maximum Gasteiger partial charge on any atom is 0.239 e. The maximum absolute atomic E-state index is 12.5. The number of halogens is 2. The lowest BCUT2D eigenvalue weighted by Crippen LogP contribution is -2.47. The van der Waals surface area contributed by atoms with Crippen LogP contribution in [0.1, 0.15) is 31.7 Å². The van der Waals surface area contributed by atoms with E-state index in [1.807, 2.05) is 31.0 Å². The summed E-state index contributed by atoms with van der Waals surface area (Å²) >= 11 is 12.0. The second-order valence-corrected chi connectivity index (χ2v) is 6.54. The van der Waals surface area contributed by atoms with E-state index < -0.39 is 0 Å². The van der Waals surface area contributed by atoms with Gasteiger partial charge in [0.05, 0.1) is 16.1 Å². The van der Waals surface area contributed by atoms with Gasteiger partial charge < -0.3 is 4.90 Å². The van der Waals surface area contributed by atoms with Gasteiger partial charge in [0.15, 0.2) is 0 Å². The Kier molecular flexibility index (Phi) is 5.91. The Balaban J connectivity index is 1.96. The van der Waals surface area contributed by atoms with Gasteiger partial charge in [0.25, 0.3) is 0 Å². The van der Waals surface area contributed by atoms with Gasteiger partial charge in [0, 0.05) is 19.6 Å². The molecule has 1 aliphatic heterocycles. The number of piperidine rings is 1. The Morgan fingerprint density at radius 1 is 1.24 bits per heavy atom. The molecule has 0 radical (unpaired) electrons. The van der Waals surface area contributed by atoms with Crippen LogP contribution < -0.4 is 0 Å². The van der Waals surface area contributed by atoms with E-state index in [-0.39, 0.29) is 11.9 Å². The molecule has 1 saturated heterocycles. The lowest BCUT2D eigenvalue weighted by molar-refractivity contribution is -0.137. The first-order chi connectivity index (χ1) is 9.99. The van der Waals surface area contributed by atoms with Gasteiger partial charge in [-0.2, -0.15) is 0 Å². The minimum Gasteiger partial charge on any atom is -0.341 e. The summed E-state index contributed by atoms with van der Waals surface area (Å²) < 4.78 is 0. The van der Waals surface area contributed by atoms with Gasteiger partial charge >= 0.3 is 0 Å². The van der Waals surface area contributed by atoms with E-state index in [2.05, 4.69) is 4.90 Å². The van der Waals surface area contributed by atoms with Crippen molar-refractivity contribution < 1.29 is 4.79 Å². The van der Waals surface area contributed by atoms with Crippen LogP contribution in [-0.4, -0.2) is 41.9 Å². The van der Waals surface area contributed by atoms with Crippen LogP contribution >= 0.6 is 23.2 Å². The van der Waals surface area contributed by atoms with Crippen LogP contribution in [0.25, 0.3) is 0 Å². The fourth-order valence-electron chi connectivity index (χ4n) is 2.63. The van der Waals surface area contributed by atoms with Crippen molar-refractivity contribution >= 4 is 29.1 Å². The highest BCUT2D eigenvalue weighted by atomic mass is 35.5. The van der Waals surface area contributed by atoms with Crippen LogP contribution in [0.2, 0.25) is 10.0 Å². The van der Waals surface area contributed by atoms with Gasteiger partial charge in [0.1, 0.15) is 0 Å². The lowest BCUT2D eigenvalue weighted by atomic mass is 10.1. The fourth-order valence-corrected chi connectivity index (χ4v) is 2.95. The molecule has 1 atom stereocenters. The second-order valence-electron chi connectivity index (χ2n) is 5.73. The zero-order valence-corrected chi connectivity index (χ0v) is 14.1. The normalized spacial score (nSPS) is 17.1. The largest absolute Gasteiger partial charge is 0.341 e. The molecule has 21 heavy (non-hydrogen) atoms. The minimum atomic E-state index is -0.127. The molecule has 1 unspecified atom stereocenters. The van der Waals surface area contributed by atoms with Crippen LogP contribution in [0, 0.1) is 0 Å². The van der Waals surface area contributed by atoms with Crippen molar-refractivity contribution in [2.45, 2.75) is 38.8 Å². The molecule has 0 spiro atoms. The third-order valence-corrected chi connectivity index (χ3v) is 4.84. The Labute approximate surface area is 136 Å². The molecule has 1 amide bonds. The molecule has 3 nitrogen and oxygen atoms in total. The van der Waals surface area contributed by atoms with E-state index >= 15 is 0 Å². The number of benzene rings is 1. The smallest absolute Gasteiger partial charge is 0.239 e. The molecule has 0 bridgehead atoms. The van der Waals surface area contributed by atoms with Crippen molar-refractivity contribution in [1.82, 2.24) is 9.80 Å². The van der Waals surface area contributed by atoms with Crippen LogP contribution in [-0.2, 0) is 11.3 Å². The van der Waals surface area contributed by atoms with Crippen molar-refractivity contribution in [1.29, 1.82) is 0 Å². The van der Waals surface area contributed by atoms with Crippen molar-refractivity contribution in [3.05, 3.63) is 33.8 Å². The number of carbonyl (C=O) groups excluding carboxylic acids is 1. The molecule has 5 heteroatoms. The van der Waals surface area contributed by atoms with Gasteiger partial charge in [0.2, 0.25) is 5.91 Å². The predicted octanol–water partition coefficient (Wildman–Crippen LogP) is 3.83. The number of likely N-dealkylation sites (N-methyl/N-ethyl adjacent to an activating group) is 1. The first kappa shape index (κ1) is 16.6. The van der Waals surface area contributed by atoms with E-state index in [4.69, 9.17) is 23.2 Å². The number of nitrogens with zero attached hydrogens (tertiary/aromatic N) is 2. The van der Waals surface area contributed by atoms with Crippen LogP contribution in [0.4, 0.5) is 0 Å². The van der Waals surface area contributed by atoms with E-state index in [0.29, 0.717) is 16.6 Å². The molecule has 0 saturated carbocycles. The summed E-state index contributed by atoms with van der Waals surface area (Å²) in [6.45, 7) is 4.43. The number of rotatable bonds is 4. The Morgan fingerprint density at radius 3 is 2.52 bits per heavy atom. The molecule has 0 aliphatic carbocycles. The maximum atomic E-state index is 12.5. The Hall–Kier alpha value is -0.770. The summed E-state index contributed by atoms with van der Waals surface area (Å²) in [4.78, 5) is 16.5. The Bertz CT molecular complexity index is 501. The summed E-state index contributed by atoms with van der Waals surface area (Å²) in [6, 6.07) is 5.48. The highest BCUT2D eigenvalue weighted by Gasteiger charge is 2.25. The fraction of sp³-hybridized carbons (Fsp3) is 0.562. The molecule has 1 aromatic rings. The summed E-state index contributed by atoms with van der Waals surface area (Å²) in [5.74, 6) is 0.220. The molecular formula is C16H22Cl2N2O. The zero-order chi connectivity index (χ0) is 15.4. The molecule has 1 aromatic carbocycles. The average Bonchev–Trinajstić information content (AvgIpc) is 2.50. The SMILES string of the molecule is CC(C(=O)N1CCCCC1)N(C)Cc1ccc(Cl)c(Cl)c1. The van der Waals surface area contributed by atoms with Crippen LogP contribution in [0.15, 0.2) is 18.2 Å².